The molecule has 2 aliphatic heterocycles. The lowest BCUT2D eigenvalue weighted by molar-refractivity contribution is -0.719. The van der Waals surface area contributed by atoms with E-state index in [4.69, 9.17) is 11.0 Å². The van der Waals surface area contributed by atoms with Crippen LogP contribution in [0.25, 0.3) is 50.3 Å². The average molecular weight is 566 g/mol. The van der Waals surface area contributed by atoms with Gasteiger partial charge in [-0.05, 0) is 60.9 Å². The number of furan rings is 1. The van der Waals surface area contributed by atoms with E-state index in [1.807, 2.05) is 18.3 Å². The zero-order valence-electron chi connectivity index (χ0n) is 24.5. The van der Waals surface area contributed by atoms with Gasteiger partial charge in [0.1, 0.15) is 5.52 Å². The summed E-state index contributed by atoms with van der Waals surface area (Å²) in [6.07, 6.45) is 9.35. The van der Waals surface area contributed by atoms with Crippen molar-refractivity contribution in [2.24, 2.45) is 0 Å². The lowest BCUT2D eigenvalue weighted by atomic mass is 9.77. The van der Waals surface area contributed by atoms with Gasteiger partial charge in [0.25, 0.3) is 0 Å². The predicted octanol–water partition coefficient (Wildman–Crippen LogP) is 7.58. The largest absolute Gasteiger partial charge is 0.453 e. The van der Waals surface area contributed by atoms with Gasteiger partial charge in [0.05, 0.1) is 20.1 Å². The molecule has 0 fully saturated rings. The van der Waals surface area contributed by atoms with Crippen LogP contribution < -0.4 is 14.3 Å². The SMILES string of the molecule is C=C1CC2C(CCc3ccc4c(oc5cccnc54)c3-c3cccc[n+]31)c1ccccc1-c1ccc([Si](C)(C)C)c[n+]12. The summed E-state index contributed by atoms with van der Waals surface area (Å²) in [5, 5.41) is 2.55. The molecule has 2 aromatic carbocycles. The molecule has 6 aromatic rings. The van der Waals surface area contributed by atoms with Gasteiger partial charge in [-0.1, -0.05) is 50.0 Å². The summed E-state index contributed by atoms with van der Waals surface area (Å²) in [5.41, 5.74) is 11.5. The van der Waals surface area contributed by atoms with Crippen molar-refractivity contribution in [3.05, 3.63) is 115 Å². The third-order valence-electron chi connectivity index (χ3n) is 9.41. The number of hydrogen-bond acceptors (Lipinski definition) is 2. The molecule has 0 saturated carbocycles. The Balaban J connectivity index is 1.37. The maximum absolute atomic E-state index is 6.56. The monoisotopic (exact) mass is 565 g/mol. The Morgan fingerprint density at radius 3 is 2.64 bits per heavy atom. The quantitative estimate of drug-likeness (QED) is 0.152. The lowest BCUT2D eigenvalue weighted by Crippen LogP contribution is -2.53. The molecule has 4 aromatic heterocycles. The minimum absolute atomic E-state index is 0.278. The minimum atomic E-state index is -1.51. The van der Waals surface area contributed by atoms with E-state index in [2.05, 4.69) is 113 Å². The van der Waals surface area contributed by atoms with E-state index in [0.29, 0.717) is 5.92 Å². The standard InChI is InChI=1S/C37H35N3OSi/c1-24-22-33-29(27-10-5-6-11-28(27)31-19-16-26(23-40(31)33)42(2,3)4)17-14-25-15-18-30-36-34(13-9-20-38-36)41-37(30)35(25)32-12-7-8-21-39(24)32/h5-13,15-16,18-21,23,29,33H,1,14,17,22H2,2-4H3/q+2. The van der Waals surface area contributed by atoms with Crippen molar-refractivity contribution in [1.29, 1.82) is 0 Å². The summed E-state index contributed by atoms with van der Waals surface area (Å²) in [6, 6.07) is 29.0. The first-order valence-corrected chi connectivity index (χ1v) is 18.5. The number of aryl methyl sites for hydroxylation is 1. The number of aromatic nitrogens is 3. The van der Waals surface area contributed by atoms with Crippen LogP contribution in [-0.2, 0) is 6.42 Å². The highest BCUT2D eigenvalue weighted by Gasteiger charge is 2.43. The van der Waals surface area contributed by atoms with Gasteiger partial charge in [-0.2, -0.15) is 9.13 Å². The molecule has 0 amide bonds. The first-order chi connectivity index (χ1) is 20.4. The highest BCUT2D eigenvalue weighted by atomic mass is 28.3. The molecule has 8 rings (SSSR count). The Bertz CT molecular complexity index is 2050. The third kappa shape index (κ3) is 3.83. The fourth-order valence-electron chi connectivity index (χ4n) is 7.27. The molecule has 0 spiro atoms. The average Bonchev–Trinajstić information content (AvgIpc) is 3.38. The van der Waals surface area contributed by atoms with E-state index in [9.17, 15) is 0 Å². The van der Waals surface area contributed by atoms with E-state index < -0.39 is 8.07 Å². The van der Waals surface area contributed by atoms with Gasteiger partial charge in [0, 0.05) is 46.5 Å². The normalized spacial score (nSPS) is 18.1. The molecule has 2 unspecified atom stereocenters. The number of benzene rings is 2. The Hall–Kier alpha value is -4.35. The van der Waals surface area contributed by atoms with Crippen LogP contribution in [0.5, 0.6) is 0 Å². The molecular formula is C37H35N3OSi+2. The van der Waals surface area contributed by atoms with Gasteiger partial charge >= 0.3 is 0 Å². The smallest absolute Gasteiger partial charge is 0.222 e. The number of pyridine rings is 3. The fraction of sp³-hybridized carbons (Fsp3) is 0.216. The summed E-state index contributed by atoms with van der Waals surface area (Å²) in [7, 11) is -1.51. The van der Waals surface area contributed by atoms with E-state index in [0.717, 1.165) is 58.3 Å². The van der Waals surface area contributed by atoms with Crippen LogP contribution in [0.3, 0.4) is 0 Å². The van der Waals surface area contributed by atoms with Crippen LogP contribution in [0.1, 0.15) is 35.9 Å². The molecule has 2 atom stereocenters. The predicted molar refractivity (Wildman–Crippen MR) is 172 cm³/mol. The number of fused-ring (bicyclic) bond motifs is 13. The molecule has 0 radical (unpaired) electrons. The molecule has 0 N–H and O–H groups in total. The van der Waals surface area contributed by atoms with Gasteiger partial charge in [-0.25, -0.2) is 0 Å². The van der Waals surface area contributed by atoms with Crippen LogP contribution in [-0.4, -0.2) is 13.1 Å². The summed E-state index contributed by atoms with van der Waals surface area (Å²) in [5.74, 6) is 0.360. The minimum Gasteiger partial charge on any atom is -0.453 e. The molecule has 0 saturated heterocycles. The molecule has 6 heterocycles. The van der Waals surface area contributed by atoms with Crippen molar-refractivity contribution >= 4 is 41.0 Å². The van der Waals surface area contributed by atoms with Gasteiger partial charge in [0.15, 0.2) is 35.3 Å². The highest BCUT2D eigenvalue weighted by molar-refractivity contribution is 6.88. The second-order valence-corrected chi connectivity index (χ2v) is 18.0. The Morgan fingerprint density at radius 1 is 0.905 bits per heavy atom. The molecule has 0 aliphatic carbocycles. The van der Waals surface area contributed by atoms with E-state index in [1.54, 1.807) is 0 Å². The third-order valence-corrected chi connectivity index (χ3v) is 11.4. The topological polar surface area (TPSA) is 33.8 Å². The second kappa shape index (κ2) is 9.33. The molecule has 0 bridgehead atoms. The van der Waals surface area contributed by atoms with Crippen molar-refractivity contribution in [2.75, 3.05) is 0 Å². The van der Waals surface area contributed by atoms with Gasteiger partial charge in [-0.3, -0.25) is 4.98 Å². The number of allylic oxidation sites excluding steroid dienone is 1. The van der Waals surface area contributed by atoms with Crippen molar-refractivity contribution < 1.29 is 13.6 Å². The Morgan fingerprint density at radius 2 is 1.76 bits per heavy atom. The first-order valence-electron chi connectivity index (χ1n) is 15.0. The molecule has 2 aliphatic rings. The lowest BCUT2D eigenvalue weighted by Gasteiger charge is -2.32. The molecular weight excluding hydrogens is 531 g/mol. The van der Waals surface area contributed by atoms with Gasteiger partial charge in [0.2, 0.25) is 11.4 Å². The molecule has 5 heteroatoms. The molecule has 206 valence electrons. The number of nitrogens with zero attached hydrogens (tertiary/aromatic N) is 3. The zero-order chi connectivity index (χ0) is 28.6. The molecule has 4 nitrogen and oxygen atoms in total. The summed E-state index contributed by atoms with van der Waals surface area (Å²) in [4.78, 5) is 4.67. The Kier molecular flexibility index (Phi) is 5.63. The summed E-state index contributed by atoms with van der Waals surface area (Å²) in [6.45, 7) is 12.0. The van der Waals surface area contributed by atoms with E-state index in [1.165, 1.54) is 27.6 Å². The van der Waals surface area contributed by atoms with Crippen LogP contribution in [0.15, 0.2) is 108 Å². The van der Waals surface area contributed by atoms with Gasteiger partial charge in [-0.15, -0.1) is 0 Å². The first kappa shape index (κ1) is 25.4. The maximum Gasteiger partial charge on any atom is 0.222 e. The summed E-state index contributed by atoms with van der Waals surface area (Å²) >= 11 is 0. The molecule has 42 heavy (non-hydrogen) atoms. The highest BCUT2D eigenvalue weighted by Crippen LogP contribution is 2.45. The zero-order valence-corrected chi connectivity index (χ0v) is 25.5. The second-order valence-electron chi connectivity index (χ2n) is 12.9. The van der Waals surface area contributed by atoms with Crippen LogP contribution in [0.4, 0.5) is 0 Å². The Labute approximate surface area is 247 Å². The number of hydrogen-bond donors (Lipinski definition) is 0. The maximum atomic E-state index is 6.56. The van der Waals surface area contributed by atoms with Crippen LogP contribution >= 0.6 is 0 Å². The van der Waals surface area contributed by atoms with Crippen molar-refractivity contribution in [1.82, 2.24) is 4.98 Å². The van der Waals surface area contributed by atoms with Crippen molar-refractivity contribution in [2.45, 2.75) is 50.9 Å². The van der Waals surface area contributed by atoms with Crippen molar-refractivity contribution in [3.63, 3.8) is 0 Å². The van der Waals surface area contributed by atoms with Crippen molar-refractivity contribution in [3.8, 4) is 22.5 Å². The van der Waals surface area contributed by atoms with Crippen LogP contribution in [0.2, 0.25) is 19.6 Å². The van der Waals surface area contributed by atoms with E-state index in [-0.39, 0.29) is 6.04 Å². The van der Waals surface area contributed by atoms with Crippen LogP contribution in [0, 0.1) is 0 Å². The fourth-order valence-corrected chi connectivity index (χ4v) is 8.38. The van der Waals surface area contributed by atoms with Gasteiger partial charge < -0.3 is 4.42 Å². The number of rotatable bonds is 1. The summed E-state index contributed by atoms with van der Waals surface area (Å²) < 4.78 is 11.5. The van der Waals surface area contributed by atoms with E-state index >= 15 is 0 Å².